The van der Waals surface area contributed by atoms with E-state index in [0.29, 0.717) is 17.7 Å². The SMILES string of the molecule is Cc1cc(=O)[nH]c(Sc2c(F)cc(CC(C)N)cc2F)n1. The van der Waals surface area contributed by atoms with Crippen LogP contribution in [0.2, 0.25) is 0 Å². The summed E-state index contributed by atoms with van der Waals surface area (Å²) in [6.07, 6.45) is 0.387. The predicted octanol–water partition coefficient (Wildman–Crippen LogP) is 2.40. The zero-order valence-corrected chi connectivity index (χ0v) is 12.4. The van der Waals surface area contributed by atoms with Gasteiger partial charge in [-0.05, 0) is 49.7 Å². The number of rotatable bonds is 4. The molecule has 21 heavy (non-hydrogen) atoms. The lowest BCUT2D eigenvalue weighted by Gasteiger charge is -2.09. The van der Waals surface area contributed by atoms with Crippen LogP contribution in [0.1, 0.15) is 18.2 Å². The molecule has 0 radical (unpaired) electrons. The van der Waals surface area contributed by atoms with Gasteiger partial charge < -0.3 is 10.7 Å². The molecule has 1 heterocycles. The number of halogens is 2. The molecule has 0 bridgehead atoms. The number of benzene rings is 1. The molecular weight excluding hydrogens is 296 g/mol. The van der Waals surface area contributed by atoms with Crippen LogP contribution in [0.25, 0.3) is 0 Å². The first-order chi connectivity index (χ1) is 9.85. The van der Waals surface area contributed by atoms with Crippen molar-refractivity contribution in [1.29, 1.82) is 0 Å². The van der Waals surface area contributed by atoms with Crippen molar-refractivity contribution in [3.05, 3.63) is 51.4 Å². The normalized spacial score (nSPS) is 12.4. The molecule has 0 aliphatic heterocycles. The van der Waals surface area contributed by atoms with E-state index in [1.807, 2.05) is 0 Å². The van der Waals surface area contributed by atoms with Gasteiger partial charge in [-0.1, -0.05) is 0 Å². The Hall–Kier alpha value is -1.73. The molecule has 1 unspecified atom stereocenters. The van der Waals surface area contributed by atoms with Crippen LogP contribution in [0, 0.1) is 18.6 Å². The molecule has 1 aromatic heterocycles. The summed E-state index contributed by atoms with van der Waals surface area (Å²) in [5.41, 5.74) is 6.24. The highest BCUT2D eigenvalue weighted by Gasteiger charge is 2.15. The maximum atomic E-state index is 14.0. The minimum absolute atomic E-state index is 0.151. The number of aromatic amines is 1. The van der Waals surface area contributed by atoms with Gasteiger partial charge in [-0.15, -0.1) is 0 Å². The lowest BCUT2D eigenvalue weighted by molar-refractivity contribution is 0.535. The van der Waals surface area contributed by atoms with Crippen LogP contribution in [-0.2, 0) is 6.42 Å². The van der Waals surface area contributed by atoms with Crippen molar-refractivity contribution in [1.82, 2.24) is 9.97 Å². The zero-order valence-electron chi connectivity index (χ0n) is 11.6. The van der Waals surface area contributed by atoms with Crippen LogP contribution in [0.3, 0.4) is 0 Å². The fourth-order valence-corrected chi connectivity index (χ4v) is 2.74. The van der Waals surface area contributed by atoms with E-state index in [1.54, 1.807) is 13.8 Å². The zero-order chi connectivity index (χ0) is 15.6. The summed E-state index contributed by atoms with van der Waals surface area (Å²) in [6.45, 7) is 3.40. The lowest BCUT2D eigenvalue weighted by Crippen LogP contribution is -2.18. The second-order valence-electron chi connectivity index (χ2n) is 4.86. The number of hydrogen-bond acceptors (Lipinski definition) is 4. The minimum Gasteiger partial charge on any atom is -0.328 e. The lowest BCUT2D eigenvalue weighted by atomic mass is 10.1. The first-order valence-electron chi connectivity index (χ1n) is 6.34. The fourth-order valence-electron chi connectivity index (χ4n) is 1.90. The standard InChI is InChI=1S/C14H15F2N3OS/c1-7(17)3-9-5-10(15)13(11(16)6-9)21-14-18-8(2)4-12(20)19-14/h4-7H,3,17H2,1-2H3,(H,18,19,20). The predicted molar refractivity (Wildman–Crippen MR) is 77.4 cm³/mol. The second-order valence-corrected chi connectivity index (χ2v) is 5.86. The van der Waals surface area contributed by atoms with Crippen LogP contribution in [0.15, 0.2) is 33.0 Å². The average molecular weight is 311 g/mol. The molecule has 2 aromatic rings. The highest BCUT2D eigenvalue weighted by atomic mass is 32.2. The molecule has 112 valence electrons. The Bertz CT molecular complexity index is 693. The quantitative estimate of drug-likeness (QED) is 0.851. The van der Waals surface area contributed by atoms with E-state index >= 15 is 0 Å². The Balaban J connectivity index is 2.34. The monoisotopic (exact) mass is 311 g/mol. The minimum atomic E-state index is -0.695. The Labute approximate surface area is 124 Å². The smallest absolute Gasteiger partial charge is 0.251 e. The number of nitrogens with zero attached hydrogens (tertiary/aromatic N) is 1. The van der Waals surface area contributed by atoms with Gasteiger partial charge in [-0.25, -0.2) is 13.8 Å². The van der Waals surface area contributed by atoms with Gasteiger partial charge in [0.2, 0.25) is 0 Å². The van der Waals surface area contributed by atoms with Crippen molar-refractivity contribution >= 4 is 11.8 Å². The van der Waals surface area contributed by atoms with Crippen LogP contribution in [-0.4, -0.2) is 16.0 Å². The average Bonchev–Trinajstić information content (AvgIpc) is 2.31. The van der Waals surface area contributed by atoms with Crippen molar-refractivity contribution in [2.45, 2.75) is 36.4 Å². The highest BCUT2D eigenvalue weighted by molar-refractivity contribution is 7.99. The van der Waals surface area contributed by atoms with Crippen molar-refractivity contribution < 1.29 is 8.78 Å². The summed E-state index contributed by atoms with van der Waals surface area (Å²) in [5.74, 6) is -1.39. The molecule has 0 saturated heterocycles. The van der Waals surface area contributed by atoms with E-state index in [-0.39, 0.29) is 21.7 Å². The topological polar surface area (TPSA) is 71.8 Å². The van der Waals surface area contributed by atoms with Gasteiger partial charge in [-0.2, -0.15) is 0 Å². The third kappa shape index (κ3) is 4.12. The van der Waals surface area contributed by atoms with Gasteiger partial charge in [0, 0.05) is 17.8 Å². The van der Waals surface area contributed by atoms with E-state index in [2.05, 4.69) is 9.97 Å². The van der Waals surface area contributed by atoms with E-state index < -0.39 is 11.6 Å². The maximum Gasteiger partial charge on any atom is 0.251 e. The third-order valence-electron chi connectivity index (χ3n) is 2.66. The maximum absolute atomic E-state index is 14.0. The van der Waals surface area contributed by atoms with Gasteiger partial charge in [0.1, 0.15) is 11.6 Å². The number of nitrogens with one attached hydrogen (secondary N) is 1. The van der Waals surface area contributed by atoms with Crippen molar-refractivity contribution in [2.75, 3.05) is 0 Å². The number of aromatic nitrogens is 2. The molecule has 1 atom stereocenters. The van der Waals surface area contributed by atoms with Crippen LogP contribution in [0.5, 0.6) is 0 Å². The molecule has 0 saturated carbocycles. The number of H-pyrrole nitrogens is 1. The largest absolute Gasteiger partial charge is 0.328 e. The van der Waals surface area contributed by atoms with Gasteiger partial charge >= 0.3 is 0 Å². The number of hydrogen-bond donors (Lipinski definition) is 2. The van der Waals surface area contributed by atoms with Crippen molar-refractivity contribution in [2.24, 2.45) is 5.73 Å². The summed E-state index contributed by atoms with van der Waals surface area (Å²) in [6, 6.07) is 3.63. The van der Waals surface area contributed by atoms with Crippen LogP contribution < -0.4 is 11.3 Å². The van der Waals surface area contributed by atoms with Gasteiger partial charge in [-0.3, -0.25) is 4.79 Å². The Morgan fingerprint density at radius 2 is 1.95 bits per heavy atom. The number of aryl methyl sites for hydroxylation is 1. The Morgan fingerprint density at radius 1 is 1.33 bits per heavy atom. The third-order valence-corrected chi connectivity index (χ3v) is 3.64. The fraction of sp³-hybridized carbons (Fsp3) is 0.286. The molecule has 0 spiro atoms. The summed E-state index contributed by atoms with van der Waals surface area (Å²) < 4.78 is 28.1. The first-order valence-corrected chi connectivity index (χ1v) is 7.16. The molecule has 1 aromatic carbocycles. The molecule has 4 nitrogen and oxygen atoms in total. The Kier molecular flexibility index (Phi) is 4.74. The van der Waals surface area contributed by atoms with E-state index in [0.717, 1.165) is 11.8 Å². The second kappa shape index (κ2) is 6.36. The van der Waals surface area contributed by atoms with E-state index in [9.17, 15) is 13.6 Å². The Morgan fingerprint density at radius 3 is 2.48 bits per heavy atom. The molecule has 0 aliphatic carbocycles. The molecule has 7 heteroatoms. The van der Waals surface area contributed by atoms with Crippen molar-refractivity contribution in [3.63, 3.8) is 0 Å². The molecular formula is C14H15F2N3OS. The molecule has 2 rings (SSSR count). The number of nitrogens with two attached hydrogens (primary N) is 1. The molecule has 3 N–H and O–H groups in total. The van der Waals surface area contributed by atoms with Crippen molar-refractivity contribution in [3.8, 4) is 0 Å². The van der Waals surface area contributed by atoms with Crippen LogP contribution >= 0.6 is 11.8 Å². The van der Waals surface area contributed by atoms with Gasteiger partial charge in [0.15, 0.2) is 5.16 Å². The summed E-state index contributed by atoms with van der Waals surface area (Å²) in [5, 5.41) is 0.151. The van der Waals surface area contributed by atoms with Gasteiger partial charge in [0.25, 0.3) is 5.56 Å². The van der Waals surface area contributed by atoms with E-state index in [4.69, 9.17) is 5.73 Å². The van der Waals surface area contributed by atoms with Gasteiger partial charge in [0.05, 0.1) is 4.90 Å². The molecule has 0 aliphatic rings. The highest BCUT2D eigenvalue weighted by Crippen LogP contribution is 2.30. The molecule has 0 fully saturated rings. The summed E-state index contributed by atoms with van der Waals surface area (Å²) in [4.78, 5) is 17.6. The van der Waals surface area contributed by atoms with E-state index in [1.165, 1.54) is 18.2 Å². The summed E-state index contributed by atoms with van der Waals surface area (Å²) >= 11 is 0.749. The summed E-state index contributed by atoms with van der Waals surface area (Å²) in [7, 11) is 0. The van der Waals surface area contributed by atoms with Crippen LogP contribution in [0.4, 0.5) is 8.78 Å². The first kappa shape index (κ1) is 15.7. The molecule has 0 amide bonds.